The lowest BCUT2D eigenvalue weighted by Crippen LogP contribution is -2.35. The van der Waals surface area contributed by atoms with Crippen molar-refractivity contribution in [2.24, 2.45) is 0 Å². The second kappa shape index (κ2) is 8.96. The molecule has 0 aliphatic carbocycles. The van der Waals surface area contributed by atoms with Gasteiger partial charge in [0.15, 0.2) is 6.61 Å². The molecule has 0 fully saturated rings. The van der Waals surface area contributed by atoms with E-state index < -0.39 is 5.97 Å². The number of fused-ring (bicyclic) bond motifs is 2. The minimum absolute atomic E-state index is 0.195. The van der Waals surface area contributed by atoms with Crippen molar-refractivity contribution in [3.8, 4) is 5.75 Å². The van der Waals surface area contributed by atoms with E-state index in [1.807, 2.05) is 24.3 Å². The van der Waals surface area contributed by atoms with Crippen molar-refractivity contribution in [3.63, 3.8) is 0 Å². The monoisotopic (exact) mass is 452 g/mol. The van der Waals surface area contributed by atoms with Crippen LogP contribution in [-0.2, 0) is 22.4 Å². The molecule has 0 saturated carbocycles. The normalized spacial score (nSPS) is 16.7. The van der Waals surface area contributed by atoms with E-state index >= 15 is 0 Å². The van der Waals surface area contributed by atoms with Gasteiger partial charge in [-0.15, -0.1) is 0 Å². The van der Waals surface area contributed by atoms with Gasteiger partial charge in [0.25, 0.3) is 0 Å². The first kappa shape index (κ1) is 22.2. The summed E-state index contributed by atoms with van der Waals surface area (Å²) in [5, 5.41) is 11.5. The third-order valence-corrected chi connectivity index (χ3v) is 6.39. The van der Waals surface area contributed by atoms with Crippen molar-refractivity contribution in [2.75, 3.05) is 6.61 Å². The molecule has 4 nitrogen and oxygen atoms in total. The van der Waals surface area contributed by atoms with Crippen molar-refractivity contribution in [2.45, 2.75) is 38.4 Å². The Morgan fingerprint density at radius 1 is 0.971 bits per heavy atom. The molecular weight excluding hydrogens is 424 g/mol. The van der Waals surface area contributed by atoms with Crippen LogP contribution in [0, 0.1) is 0 Å². The number of rotatable bonds is 6. The number of carboxylic acids is 1. The molecule has 0 amide bonds. The molecule has 1 heterocycles. The lowest BCUT2D eigenvalue weighted by Gasteiger charge is -2.38. The maximum absolute atomic E-state index is 11.2. The van der Waals surface area contributed by atoms with E-state index in [2.05, 4.69) is 74.5 Å². The molecule has 0 spiro atoms. The standard InChI is InChI=1S/C30H28O4/c1-30(2)18-23-9-4-6-13-26(23)29(34-30)22-14-15-27(33-19-28(31)32)24(17-22)16-21-11-7-10-20-8-3-5-12-25(20)21/h3-15,17,29H,16,18-19H2,1-2H3,(H,31,32). The summed E-state index contributed by atoms with van der Waals surface area (Å²) in [6.07, 6.45) is 1.30. The topological polar surface area (TPSA) is 55.8 Å². The molecule has 0 saturated heterocycles. The van der Waals surface area contributed by atoms with Gasteiger partial charge in [-0.25, -0.2) is 4.79 Å². The number of carboxylic acid groups (broad SMARTS) is 1. The molecule has 0 bridgehead atoms. The predicted molar refractivity (Wildman–Crippen MR) is 133 cm³/mol. The number of hydrogen-bond acceptors (Lipinski definition) is 3. The minimum Gasteiger partial charge on any atom is -0.482 e. The molecule has 1 atom stereocenters. The van der Waals surface area contributed by atoms with Crippen LogP contribution in [0.4, 0.5) is 0 Å². The number of carbonyl (C=O) groups is 1. The average molecular weight is 453 g/mol. The first-order valence-corrected chi connectivity index (χ1v) is 11.6. The fourth-order valence-corrected chi connectivity index (χ4v) is 4.91. The zero-order valence-electron chi connectivity index (χ0n) is 19.5. The van der Waals surface area contributed by atoms with E-state index in [4.69, 9.17) is 9.47 Å². The van der Waals surface area contributed by atoms with E-state index in [1.165, 1.54) is 27.5 Å². The molecule has 1 aliphatic rings. The summed E-state index contributed by atoms with van der Waals surface area (Å²) in [6, 6.07) is 29.0. The van der Waals surface area contributed by atoms with Gasteiger partial charge in [0.1, 0.15) is 11.9 Å². The Morgan fingerprint density at radius 3 is 2.59 bits per heavy atom. The van der Waals surface area contributed by atoms with E-state index in [0.29, 0.717) is 12.2 Å². The highest BCUT2D eigenvalue weighted by Gasteiger charge is 2.33. The van der Waals surface area contributed by atoms with Crippen LogP contribution < -0.4 is 4.74 Å². The van der Waals surface area contributed by atoms with Gasteiger partial charge in [0.05, 0.1) is 5.60 Å². The lowest BCUT2D eigenvalue weighted by atomic mass is 9.85. The largest absolute Gasteiger partial charge is 0.482 e. The molecule has 5 rings (SSSR count). The van der Waals surface area contributed by atoms with E-state index in [1.54, 1.807) is 0 Å². The summed E-state index contributed by atoms with van der Waals surface area (Å²) in [7, 11) is 0. The first-order valence-electron chi connectivity index (χ1n) is 11.6. The van der Waals surface area contributed by atoms with Gasteiger partial charge in [-0.3, -0.25) is 0 Å². The molecule has 0 radical (unpaired) electrons. The van der Waals surface area contributed by atoms with Crippen molar-refractivity contribution in [3.05, 3.63) is 113 Å². The minimum atomic E-state index is -0.994. The van der Waals surface area contributed by atoms with Gasteiger partial charge >= 0.3 is 5.97 Å². The summed E-state index contributed by atoms with van der Waals surface area (Å²) in [5.74, 6) is -0.408. The fraction of sp³-hybridized carbons (Fsp3) is 0.233. The van der Waals surface area contributed by atoms with Crippen molar-refractivity contribution in [1.29, 1.82) is 0 Å². The van der Waals surface area contributed by atoms with Gasteiger partial charge in [-0.05, 0) is 64.6 Å². The molecule has 0 aromatic heterocycles. The summed E-state index contributed by atoms with van der Waals surface area (Å²) in [4.78, 5) is 11.2. The van der Waals surface area contributed by atoms with Crippen molar-refractivity contribution >= 4 is 16.7 Å². The highest BCUT2D eigenvalue weighted by atomic mass is 16.5. The number of ether oxygens (including phenoxy) is 2. The Balaban J connectivity index is 1.58. The summed E-state index contributed by atoms with van der Waals surface area (Å²) in [5.41, 5.74) is 5.34. The molecule has 172 valence electrons. The Hall–Kier alpha value is -3.63. The second-order valence-corrected chi connectivity index (χ2v) is 9.50. The van der Waals surface area contributed by atoms with Crippen molar-refractivity contribution < 1.29 is 19.4 Å². The van der Waals surface area contributed by atoms with Gasteiger partial charge in [0, 0.05) is 12.8 Å². The third-order valence-electron chi connectivity index (χ3n) is 6.39. The number of aliphatic carboxylic acids is 1. The number of hydrogen-bond donors (Lipinski definition) is 1. The van der Waals surface area contributed by atoms with Gasteiger partial charge in [-0.2, -0.15) is 0 Å². The third kappa shape index (κ3) is 4.55. The van der Waals surface area contributed by atoms with Crippen LogP contribution in [0.2, 0.25) is 0 Å². The van der Waals surface area contributed by atoms with E-state index in [9.17, 15) is 9.90 Å². The molecule has 1 aliphatic heterocycles. The summed E-state index contributed by atoms with van der Waals surface area (Å²) < 4.78 is 12.3. The fourth-order valence-electron chi connectivity index (χ4n) is 4.91. The highest BCUT2D eigenvalue weighted by molar-refractivity contribution is 5.86. The van der Waals surface area contributed by atoms with Crippen LogP contribution in [0.15, 0.2) is 84.9 Å². The molecule has 4 heteroatoms. The zero-order chi connectivity index (χ0) is 23.7. The highest BCUT2D eigenvalue weighted by Crippen LogP contribution is 2.41. The second-order valence-electron chi connectivity index (χ2n) is 9.50. The summed E-state index contributed by atoms with van der Waals surface area (Å²) >= 11 is 0. The SMILES string of the molecule is CC1(C)Cc2ccccc2C(c2ccc(OCC(=O)O)c(Cc3cccc4ccccc34)c2)O1. The summed E-state index contributed by atoms with van der Waals surface area (Å²) in [6.45, 7) is 3.87. The average Bonchev–Trinajstić information content (AvgIpc) is 2.82. The van der Waals surface area contributed by atoms with Crippen LogP contribution >= 0.6 is 0 Å². The van der Waals surface area contributed by atoms with Crippen LogP contribution in [0.25, 0.3) is 10.8 Å². The molecule has 34 heavy (non-hydrogen) atoms. The Labute approximate surface area is 199 Å². The van der Waals surface area contributed by atoms with E-state index in [-0.39, 0.29) is 18.3 Å². The predicted octanol–water partition coefficient (Wildman–Crippen LogP) is 6.33. The number of benzene rings is 4. The molecular formula is C30H28O4. The first-order chi connectivity index (χ1) is 16.4. The Kier molecular flexibility index (Phi) is 5.84. The zero-order valence-corrected chi connectivity index (χ0v) is 19.5. The molecule has 4 aromatic rings. The van der Waals surface area contributed by atoms with Crippen LogP contribution in [0.3, 0.4) is 0 Å². The van der Waals surface area contributed by atoms with E-state index in [0.717, 1.165) is 17.5 Å². The smallest absolute Gasteiger partial charge is 0.341 e. The van der Waals surface area contributed by atoms with Gasteiger partial charge in [-0.1, -0.05) is 72.8 Å². The molecule has 1 N–H and O–H groups in total. The van der Waals surface area contributed by atoms with Crippen molar-refractivity contribution in [1.82, 2.24) is 0 Å². The Morgan fingerprint density at radius 2 is 1.74 bits per heavy atom. The maximum Gasteiger partial charge on any atom is 0.341 e. The van der Waals surface area contributed by atoms with Crippen LogP contribution in [0.5, 0.6) is 5.75 Å². The molecule has 4 aromatic carbocycles. The molecule has 1 unspecified atom stereocenters. The maximum atomic E-state index is 11.2. The van der Waals surface area contributed by atoms with Crippen LogP contribution in [-0.4, -0.2) is 23.3 Å². The Bertz CT molecular complexity index is 1350. The van der Waals surface area contributed by atoms with Gasteiger partial charge < -0.3 is 14.6 Å². The van der Waals surface area contributed by atoms with Gasteiger partial charge in [0.2, 0.25) is 0 Å². The lowest BCUT2D eigenvalue weighted by molar-refractivity contribution is -0.139. The van der Waals surface area contributed by atoms with Crippen LogP contribution in [0.1, 0.15) is 47.8 Å². The quantitative estimate of drug-likeness (QED) is 0.371.